The Hall–Kier alpha value is -0.660. The van der Waals surface area contributed by atoms with Crippen molar-refractivity contribution in [2.24, 2.45) is 0 Å². The van der Waals surface area contributed by atoms with Crippen LogP contribution in [0.2, 0.25) is 0 Å². The Morgan fingerprint density at radius 1 is 1.17 bits per heavy atom. The van der Waals surface area contributed by atoms with Crippen molar-refractivity contribution in [2.75, 3.05) is 39.8 Å². The molecule has 0 aliphatic rings. The third kappa shape index (κ3) is 7.62. The maximum absolute atomic E-state index is 11.8. The molecule has 0 aliphatic heterocycles. The van der Waals surface area contributed by atoms with E-state index in [9.17, 15) is 13.2 Å². The number of methoxy groups -OCH3 is 2. The number of hydrogen-bond acceptors (Lipinski definition) is 6. The van der Waals surface area contributed by atoms with Crippen LogP contribution in [0.3, 0.4) is 0 Å². The Bertz CT molecular complexity index is 324. The van der Waals surface area contributed by atoms with Crippen molar-refractivity contribution >= 4 is 15.8 Å². The summed E-state index contributed by atoms with van der Waals surface area (Å²) in [6.07, 6.45) is 0.608. The molecule has 0 bridgehead atoms. The predicted molar refractivity (Wildman–Crippen MR) is 67.2 cm³/mol. The van der Waals surface area contributed by atoms with Crippen LogP contribution >= 0.6 is 0 Å². The molecule has 0 heterocycles. The van der Waals surface area contributed by atoms with Crippen molar-refractivity contribution in [3.8, 4) is 0 Å². The molecule has 1 atom stereocenters. The second-order valence-electron chi connectivity index (χ2n) is 3.92. The summed E-state index contributed by atoms with van der Waals surface area (Å²) in [5.74, 6) is -0.606. The fourth-order valence-electron chi connectivity index (χ4n) is 1.23. The molecule has 0 saturated carbocycles. The van der Waals surface area contributed by atoms with Gasteiger partial charge in [0.15, 0.2) is 9.84 Å². The fraction of sp³-hybridized carbons (Fsp3) is 0.909. The maximum Gasteiger partial charge on any atom is 0.306 e. The van der Waals surface area contributed by atoms with Crippen molar-refractivity contribution in [2.45, 2.75) is 25.0 Å². The normalized spacial score (nSPS) is 13.3. The fourth-order valence-corrected chi connectivity index (χ4v) is 2.37. The van der Waals surface area contributed by atoms with E-state index in [1.807, 2.05) is 0 Å². The molecule has 0 radical (unpaired) electrons. The van der Waals surface area contributed by atoms with Gasteiger partial charge in [0, 0.05) is 20.3 Å². The Balaban J connectivity index is 3.89. The summed E-state index contributed by atoms with van der Waals surface area (Å²) in [5.41, 5.74) is 0. The van der Waals surface area contributed by atoms with Gasteiger partial charge in [-0.2, -0.15) is 0 Å². The minimum absolute atomic E-state index is 0.0852. The summed E-state index contributed by atoms with van der Waals surface area (Å²) in [4.78, 5) is 11.0. The molecule has 0 aromatic heterocycles. The maximum atomic E-state index is 11.8. The zero-order valence-electron chi connectivity index (χ0n) is 11.2. The van der Waals surface area contributed by atoms with Crippen LogP contribution in [-0.2, 0) is 28.8 Å². The van der Waals surface area contributed by atoms with E-state index in [0.717, 1.165) is 6.42 Å². The molecular weight excluding hydrogens is 260 g/mol. The van der Waals surface area contributed by atoms with Crippen LogP contribution < -0.4 is 0 Å². The molecule has 0 spiro atoms. The third-order valence-electron chi connectivity index (χ3n) is 2.44. The Labute approximate surface area is 109 Å². The molecular formula is C11H22O6S. The summed E-state index contributed by atoms with van der Waals surface area (Å²) in [5, 5.41) is -0.743. The van der Waals surface area contributed by atoms with E-state index in [0.29, 0.717) is 13.2 Å². The summed E-state index contributed by atoms with van der Waals surface area (Å²) in [6.45, 7) is 2.69. The van der Waals surface area contributed by atoms with Crippen LogP contribution in [0.5, 0.6) is 0 Å². The number of carbonyl (C=O) groups is 1. The topological polar surface area (TPSA) is 78.9 Å². The monoisotopic (exact) mass is 282 g/mol. The van der Waals surface area contributed by atoms with Crippen molar-refractivity contribution in [1.82, 2.24) is 0 Å². The van der Waals surface area contributed by atoms with E-state index in [4.69, 9.17) is 9.47 Å². The molecule has 0 amide bonds. The Morgan fingerprint density at radius 3 is 2.39 bits per heavy atom. The van der Waals surface area contributed by atoms with Gasteiger partial charge < -0.3 is 14.2 Å². The first-order valence-corrected chi connectivity index (χ1v) is 7.50. The molecule has 6 nitrogen and oxygen atoms in total. The molecule has 108 valence electrons. The van der Waals surface area contributed by atoms with Crippen LogP contribution in [0, 0.1) is 0 Å². The van der Waals surface area contributed by atoms with Crippen molar-refractivity contribution in [3.63, 3.8) is 0 Å². The highest BCUT2D eigenvalue weighted by Crippen LogP contribution is 2.07. The molecule has 0 rings (SSSR count). The van der Waals surface area contributed by atoms with Crippen molar-refractivity contribution in [3.05, 3.63) is 0 Å². The molecule has 0 fully saturated rings. The van der Waals surface area contributed by atoms with E-state index < -0.39 is 21.1 Å². The molecule has 0 aromatic carbocycles. The average Bonchev–Trinajstić information content (AvgIpc) is 2.33. The van der Waals surface area contributed by atoms with E-state index in [-0.39, 0.29) is 18.8 Å². The number of rotatable bonds is 10. The summed E-state index contributed by atoms with van der Waals surface area (Å²) >= 11 is 0. The SMILES string of the molecule is COCCCOCCS(=O)(=O)C(C)CC(=O)OC. The van der Waals surface area contributed by atoms with E-state index in [2.05, 4.69) is 4.74 Å². The lowest BCUT2D eigenvalue weighted by Crippen LogP contribution is -2.26. The van der Waals surface area contributed by atoms with Gasteiger partial charge in [0.1, 0.15) is 0 Å². The minimum atomic E-state index is -3.32. The van der Waals surface area contributed by atoms with Gasteiger partial charge >= 0.3 is 5.97 Å². The van der Waals surface area contributed by atoms with Crippen LogP contribution in [0.4, 0.5) is 0 Å². The number of carbonyl (C=O) groups excluding carboxylic acids is 1. The molecule has 7 heteroatoms. The quantitative estimate of drug-likeness (QED) is 0.426. The van der Waals surface area contributed by atoms with Gasteiger partial charge in [-0.3, -0.25) is 4.79 Å². The van der Waals surface area contributed by atoms with E-state index in [1.54, 1.807) is 7.11 Å². The molecule has 0 aliphatic carbocycles. The van der Waals surface area contributed by atoms with Crippen LogP contribution in [-0.4, -0.2) is 59.4 Å². The highest BCUT2D eigenvalue weighted by molar-refractivity contribution is 7.92. The van der Waals surface area contributed by atoms with E-state index >= 15 is 0 Å². The summed E-state index contributed by atoms with van der Waals surface area (Å²) < 4.78 is 38.0. The first-order valence-electron chi connectivity index (χ1n) is 5.79. The molecule has 1 unspecified atom stereocenters. The van der Waals surface area contributed by atoms with E-state index in [1.165, 1.54) is 14.0 Å². The van der Waals surface area contributed by atoms with Gasteiger partial charge in [0.05, 0.1) is 31.1 Å². The summed E-state index contributed by atoms with van der Waals surface area (Å²) in [6, 6.07) is 0. The first-order chi connectivity index (χ1) is 8.44. The minimum Gasteiger partial charge on any atom is -0.469 e. The zero-order chi connectivity index (χ0) is 14.0. The van der Waals surface area contributed by atoms with Crippen molar-refractivity contribution in [1.29, 1.82) is 0 Å². The number of ether oxygens (including phenoxy) is 3. The van der Waals surface area contributed by atoms with Gasteiger partial charge in [-0.05, 0) is 13.3 Å². The second kappa shape index (κ2) is 9.29. The predicted octanol–water partition coefficient (Wildman–Crippen LogP) is 0.406. The average molecular weight is 282 g/mol. The van der Waals surface area contributed by atoms with Gasteiger partial charge in [0.25, 0.3) is 0 Å². The molecule has 0 aromatic rings. The van der Waals surface area contributed by atoms with Gasteiger partial charge in [0.2, 0.25) is 0 Å². The largest absolute Gasteiger partial charge is 0.469 e. The van der Waals surface area contributed by atoms with Crippen LogP contribution in [0.25, 0.3) is 0 Å². The number of hydrogen-bond donors (Lipinski definition) is 0. The van der Waals surface area contributed by atoms with Gasteiger partial charge in [-0.25, -0.2) is 8.42 Å². The highest BCUT2D eigenvalue weighted by atomic mass is 32.2. The highest BCUT2D eigenvalue weighted by Gasteiger charge is 2.23. The molecule has 18 heavy (non-hydrogen) atoms. The molecule has 0 N–H and O–H groups in total. The lowest BCUT2D eigenvalue weighted by molar-refractivity contribution is -0.140. The second-order valence-corrected chi connectivity index (χ2v) is 6.46. The smallest absolute Gasteiger partial charge is 0.306 e. The van der Waals surface area contributed by atoms with Crippen LogP contribution in [0.1, 0.15) is 19.8 Å². The zero-order valence-corrected chi connectivity index (χ0v) is 12.0. The van der Waals surface area contributed by atoms with Gasteiger partial charge in [-0.1, -0.05) is 0 Å². The lowest BCUT2D eigenvalue weighted by atomic mass is 10.3. The van der Waals surface area contributed by atoms with Crippen molar-refractivity contribution < 1.29 is 27.4 Å². The number of esters is 1. The van der Waals surface area contributed by atoms with Gasteiger partial charge in [-0.15, -0.1) is 0 Å². The number of sulfone groups is 1. The third-order valence-corrected chi connectivity index (χ3v) is 4.57. The van der Waals surface area contributed by atoms with Crippen LogP contribution in [0.15, 0.2) is 0 Å². The Morgan fingerprint density at radius 2 is 1.83 bits per heavy atom. The lowest BCUT2D eigenvalue weighted by Gasteiger charge is -2.11. The molecule has 0 saturated heterocycles. The first kappa shape index (κ1) is 17.3. The standard InChI is InChI=1S/C11H22O6S/c1-10(9-11(12)16-3)18(13,14)8-7-17-6-4-5-15-2/h10H,4-9H2,1-3H3. The summed E-state index contributed by atoms with van der Waals surface area (Å²) in [7, 11) is -0.482. The Kier molecular flexibility index (Phi) is 8.95.